The van der Waals surface area contributed by atoms with Crippen molar-refractivity contribution in [3.05, 3.63) is 108 Å². The van der Waals surface area contributed by atoms with E-state index in [9.17, 15) is 5.26 Å². The molecule has 1 aliphatic carbocycles. The van der Waals surface area contributed by atoms with Crippen LogP contribution in [0.5, 0.6) is 0 Å². The third-order valence-electron chi connectivity index (χ3n) is 5.35. The Balaban J connectivity index is 1.84. The van der Waals surface area contributed by atoms with Gasteiger partial charge in [0.05, 0.1) is 6.07 Å². The third-order valence-corrected chi connectivity index (χ3v) is 8.18. The second-order valence-electron chi connectivity index (χ2n) is 6.93. The van der Waals surface area contributed by atoms with Crippen LogP contribution in [0.15, 0.2) is 96.6 Å². The van der Waals surface area contributed by atoms with E-state index < -0.39 is 7.92 Å². The predicted octanol–water partition coefficient (Wildman–Crippen LogP) is 5.30. The van der Waals surface area contributed by atoms with Crippen LogP contribution in [0.25, 0.3) is 0 Å². The molecule has 0 saturated carbocycles. The average Bonchev–Trinajstić information content (AvgIpc) is 2.74. The Hall–Kier alpha value is -2.68. The molecule has 4 rings (SSSR count). The first kappa shape index (κ1) is 17.7. The molecule has 0 aliphatic heterocycles. The van der Waals surface area contributed by atoms with Crippen molar-refractivity contribution in [3.63, 3.8) is 0 Å². The Morgan fingerprint density at radius 1 is 0.852 bits per heavy atom. The Kier molecular flexibility index (Phi) is 5.19. The maximum atomic E-state index is 9.85. The van der Waals surface area contributed by atoms with E-state index in [1.54, 1.807) is 0 Å². The molecule has 3 aromatic rings. The van der Waals surface area contributed by atoms with Crippen molar-refractivity contribution in [3.8, 4) is 6.07 Å². The largest absolute Gasteiger partial charge is 0.193 e. The fraction of sp³-hybridized carbons (Fsp3) is 0.160. The highest BCUT2D eigenvalue weighted by molar-refractivity contribution is 7.73. The van der Waals surface area contributed by atoms with E-state index in [4.69, 9.17) is 0 Å². The molecular weight excluding hydrogens is 345 g/mol. The summed E-state index contributed by atoms with van der Waals surface area (Å²) in [6, 6.07) is 32.7. The van der Waals surface area contributed by atoms with Crippen molar-refractivity contribution >= 4 is 18.5 Å². The summed E-state index contributed by atoms with van der Waals surface area (Å²) >= 11 is 0. The molecule has 1 nitrogen and oxygen atoms in total. The molecule has 0 bridgehead atoms. The molecule has 0 heterocycles. The molecule has 132 valence electrons. The van der Waals surface area contributed by atoms with Crippen molar-refractivity contribution in [1.82, 2.24) is 0 Å². The minimum atomic E-state index is -0.584. The van der Waals surface area contributed by atoms with E-state index in [1.807, 2.05) is 0 Å². The van der Waals surface area contributed by atoms with E-state index in [0.717, 1.165) is 12.0 Å². The molecule has 2 heteroatoms. The number of rotatable bonds is 4. The molecular formula is C25H22NP. The number of nitriles is 1. The molecule has 0 amide bonds. The Morgan fingerprint density at radius 3 is 2.00 bits per heavy atom. The lowest BCUT2D eigenvalue weighted by atomic mass is 9.81. The minimum Gasteiger partial charge on any atom is -0.193 e. The van der Waals surface area contributed by atoms with Crippen LogP contribution in [0.2, 0.25) is 0 Å². The summed E-state index contributed by atoms with van der Waals surface area (Å²) in [6.45, 7) is 2.32. The van der Waals surface area contributed by atoms with Crippen LogP contribution in [0.4, 0.5) is 0 Å². The number of allylic oxidation sites excluding steroid dienone is 2. The Morgan fingerprint density at radius 2 is 1.41 bits per heavy atom. The fourth-order valence-electron chi connectivity index (χ4n) is 4.12. The fourth-order valence-corrected chi connectivity index (χ4v) is 6.96. The van der Waals surface area contributed by atoms with Crippen LogP contribution < -0.4 is 10.6 Å². The number of nitrogens with zero attached hydrogens (tertiary/aromatic N) is 1. The zero-order valence-electron chi connectivity index (χ0n) is 15.4. The summed E-state index contributed by atoms with van der Waals surface area (Å²) in [4.78, 5) is 0. The van der Waals surface area contributed by atoms with Crippen LogP contribution in [-0.2, 0) is 6.42 Å². The lowest BCUT2D eigenvalue weighted by Crippen LogP contribution is -2.27. The van der Waals surface area contributed by atoms with Crippen LogP contribution >= 0.6 is 7.92 Å². The first-order chi connectivity index (χ1) is 13.3. The van der Waals surface area contributed by atoms with E-state index in [1.165, 1.54) is 21.7 Å². The van der Waals surface area contributed by atoms with E-state index in [-0.39, 0.29) is 5.92 Å². The van der Waals surface area contributed by atoms with Gasteiger partial charge in [0.15, 0.2) is 0 Å². The van der Waals surface area contributed by atoms with Gasteiger partial charge in [-0.3, -0.25) is 0 Å². The standard InChI is InChI=1S/C25H22NP/c1-19(25-21(18-26)17-16-20-10-8-9-15-24(20)25)27(22-11-4-2-5-12-22)23-13-6-3-7-14-23/h2-15,17,19,25H,16H2,1H3. The van der Waals surface area contributed by atoms with Crippen molar-refractivity contribution in [2.75, 3.05) is 0 Å². The molecule has 0 spiro atoms. The van der Waals surface area contributed by atoms with Gasteiger partial charge in [0, 0.05) is 11.5 Å². The monoisotopic (exact) mass is 367 g/mol. The molecule has 27 heavy (non-hydrogen) atoms. The highest BCUT2D eigenvalue weighted by atomic mass is 31.1. The van der Waals surface area contributed by atoms with Gasteiger partial charge in [0.25, 0.3) is 0 Å². The quantitative estimate of drug-likeness (QED) is 0.574. The first-order valence-electron chi connectivity index (χ1n) is 9.37. The Labute approximate surface area is 162 Å². The third kappa shape index (κ3) is 3.46. The molecule has 1 aliphatic rings. The molecule has 0 N–H and O–H groups in total. The number of hydrogen-bond acceptors (Lipinski definition) is 1. The van der Waals surface area contributed by atoms with Crippen molar-refractivity contribution in [1.29, 1.82) is 5.26 Å². The molecule has 3 aromatic carbocycles. The first-order valence-corrected chi connectivity index (χ1v) is 10.8. The second kappa shape index (κ2) is 7.91. The molecule has 2 unspecified atom stereocenters. The van der Waals surface area contributed by atoms with Crippen LogP contribution in [-0.4, -0.2) is 5.66 Å². The number of hydrogen-bond donors (Lipinski definition) is 0. The summed E-state index contributed by atoms with van der Waals surface area (Å²) < 4.78 is 0. The van der Waals surface area contributed by atoms with Gasteiger partial charge in [0.2, 0.25) is 0 Å². The smallest absolute Gasteiger partial charge is 0.0950 e. The SMILES string of the molecule is CC(C1C(C#N)=CCc2ccccc21)P(c1ccccc1)c1ccccc1. The summed E-state index contributed by atoms with van der Waals surface area (Å²) in [5.74, 6) is 0.145. The highest BCUT2D eigenvalue weighted by Crippen LogP contribution is 2.50. The van der Waals surface area contributed by atoms with Gasteiger partial charge < -0.3 is 0 Å². The molecule has 0 fully saturated rings. The van der Waals surface area contributed by atoms with Gasteiger partial charge in [-0.1, -0.05) is 97.9 Å². The number of benzene rings is 3. The Bertz CT molecular complexity index is 946. The second-order valence-corrected chi connectivity index (χ2v) is 9.52. The van der Waals surface area contributed by atoms with Gasteiger partial charge in [-0.2, -0.15) is 5.26 Å². The van der Waals surface area contributed by atoms with E-state index in [0.29, 0.717) is 5.66 Å². The van der Waals surface area contributed by atoms with Gasteiger partial charge >= 0.3 is 0 Å². The maximum absolute atomic E-state index is 9.85. The molecule has 2 atom stereocenters. The zero-order chi connectivity index (χ0) is 18.6. The van der Waals surface area contributed by atoms with Crippen molar-refractivity contribution < 1.29 is 0 Å². The minimum absolute atomic E-state index is 0.145. The lowest BCUT2D eigenvalue weighted by Gasteiger charge is -2.35. The van der Waals surface area contributed by atoms with Crippen LogP contribution in [0.3, 0.4) is 0 Å². The number of fused-ring (bicyclic) bond motifs is 1. The van der Waals surface area contributed by atoms with Crippen LogP contribution in [0.1, 0.15) is 24.0 Å². The van der Waals surface area contributed by atoms with Crippen molar-refractivity contribution in [2.45, 2.75) is 24.9 Å². The molecule has 0 radical (unpaired) electrons. The molecule has 0 saturated heterocycles. The van der Waals surface area contributed by atoms with Gasteiger partial charge in [0.1, 0.15) is 0 Å². The predicted molar refractivity (Wildman–Crippen MR) is 115 cm³/mol. The summed E-state index contributed by atoms with van der Waals surface area (Å²) in [5.41, 5.74) is 3.92. The average molecular weight is 367 g/mol. The summed E-state index contributed by atoms with van der Waals surface area (Å²) in [5, 5.41) is 12.6. The normalized spacial score (nSPS) is 16.9. The van der Waals surface area contributed by atoms with E-state index >= 15 is 0 Å². The highest BCUT2D eigenvalue weighted by Gasteiger charge is 2.34. The summed E-state index contributed by atoms with van der Waals surface area (Å²) in [6.07, 6.45) is 2.99. The van der Waals surface area contributed by atoms with Gasteiger partial charge in [-0.15, -0.1) is 0 Å². The molecule has 0 aromatic heterocycles. The van der Waals surface area contributed by atoms with Crippen LogP contribution in [0, 0.1) is 11.3 Å². The van der Waals surface area contributed by atoms with Gasteiger partial charge in [-0.05, 0) is 41.7 Å². The summed E-state index contributed by atoms with van der Waals surface area (Å²) in [7, 11) is -0.584. The topological polar surface area (TPSA) is 23.8 Å². The lowest BCUT2D eigenvalue weighted by molar-refractivity contribution is 0.762. The zero-order valence-corrected chi connectivity index (χ0v) is 16.3. The van der Waals surface area contributed by atoms with Gasteiger partial charge in [-0.25, -0.2) is 0 Å². The van der Waals surface area contributed by atoms with Crippen molar-refractivity contribution in [2.24, 2.45) is 0 Å². The maximum Gasteiger partial charge on any atom is 0.0950 e. The van der Waals surface area contributed by atoms with E-state index in [2.05, 4.69) is 104 Å².